The van der Waals surface area contributed by atoms with Crippen LogP contribution in [0.15, 0.2) is 0 Å². The first-order chi connectivity index (χ1) is 10.4. The summed E-state index contributed by atoms with van der Waals surface area (Å²) in [6.45, 7) is 1.32. The van der Waals surface area contributed by atoms with E-state index in [1.807, 2.05) is 0 Å². The molecule has 1 aliphatic carbocycles. The zero-order valence-corrected chi connectivity index (χ0v) is 13.2. The number of aryl methyl sites for hydroxylation is 1. The number of nitriles is 1. The summed E-state index contributed by atoms with van der Waals surface area (Å²) in [7, 11) is 0. The van der Waals surface area contributed by atoms with Crippen LogP contribution in [0.5, 0.6) is 0 Å². The second kappa shape index (κ2) is 6.79. The lowest BCUT2D eigenvalue weighted by Crippen LogP contribution is -2.35. The summed E-state index contributed by atoms with van der Waals surface area (Å²) >= 11 is 1.44. The van der Waals surface area contributed by atoms with Gasteiger partial charge in [0, 0.05) is 11.4 Å². The van der Waals surface area contributed by atoms with Crippen molar-refractivity contribution in [3.63, 3.8) is 0 Å². The van der Waals surface area contributed by atoms with Gasteiger partial charge < -0.3 is 15.1 Å². The Morgan fingerprint density at radius 2 is 2.05 bits per heavy atom. The van der Waals surface area contributed by atoms with Gasteiger partial charge in [0.2, 0.25) is 0 Å². The third kappa shape index (κ3) is 3.39. The number of aliphatic carboxylic acids is 2. The van der Waals surface area contributed by atoms with Gasteiger partial charge in [0.25, 0.3) is 0 Å². The number of hydrogen-bond donors (Lipinski definition) is 2. The fourth-order valence-electron chi connectivity index (χ4n) is 2.68. The third-order valence-electron chi connectivity index (χ3n) is 3.79. The fraction of sp³-hybridized carbons (Fsp3) is 0.533. The molecule has 0 aromatic carbocycles. The molecule has 0 spiro atoms. The van der Waals surface area contributed by atoms with Gasteiger partial charge >= 0.3 is 11.9 Å². The van der Waals surface area contributed by atoms with Crippen LogP contribution in [0.4, 0.5) is 5.00 Å². The first kappa shape index (κ1) is 16.3. The van der Waals surface area contributed by atoms with Crippen molar-refractivity contribution in [1.82, 2.24) is 0 Å². The van der Waals surface area contributed by atoms with E-state index < -0.39 is 17.9 Å². The number of carboxylic acid groups (broad SMARTS) is 2. The van der Waals surface area contributed by atoms with Crippen molar-refractivity contribution in [2.75, 3.05) is 18.0 Å². The number of anilines is 1. The van der Waals surface area contributed by atoms with Gasteiger partial charge in [-0.3, -0.25) is 9.59 Å². The SMILES string of the molecule is CC(CN(CC(=O)O)c1sc2c(c1C#N)CCCC2)C(=O)O. The lowest BCUT2D eigenvalue weighted by atomic mass is 9.96. The largest absolute Gasteiger partial charge is 0.481 e. The van der Waals surface area contributed by atoms with Crippen molar-refractivity contribution in [3.8, 4) is 6.07 Å². The smallest absolute Gasteiger partial charge is 0.323 e. The Kier molecular flexibility index (Phi) is 5.03. The maximum absolute atomic E-state index is 11.1. The molecular weight excluding hydrogens is 304 g/mol. The summed E-state index contributed by atoms with van der Waals surface area (Å²) < 4.78 is 0. The fourth-order valence-corrected chi connectivity index (χ4v) is 4.03. The average Bonchev–Trinajstić information content (AvgIpc) is 2.84. The van der Waals surface area contributed by atoms with Crippen LogP contribution in [0.1, 0.15) is 35.8 Å². The van der Waals surface area contributed by atoms with Crippen LogP contribution in [-0.2, 0) is 22.4 Å². The molecule has 0 bridgehead atoms. The molecule has 6 nitrogen and oxygen atoms in total. The van der Waals surface area contributed by atoms with Crippen molar-refractivity contribution in [2.45, 2.75) is 32.6 Å². The predicted octanol–water partition coefficient (Wildman–Crippen LogP) is 2.11. The van der Waals surface area contributed by atoms with Gasteiger partial charge in [-0.2, -0.15) is 5.26 Å². The molecule has 0 fully saturated rings. The first-order valence-electron chi connectivity index (χ1n) is 7.18. The molecule has 1 atom stereocenters. The van der Waals surface area contributed by atoms with Gasteiger partial charge in [-0.1, -0.05) is 6.92 Å². The molecule has 0 saturated carbocycles. The Morgan fingerprint density at radius 3 is 2.64 bits per heavy atom. The number of carbonyl (C=O) groups is 2. The number of fused-ring (bicyclic) bond motifs is 1. The summed E-state index contributed by atoms with van der Waals surface area (Å²) in [6, 6.07) is 2.19. The lowest BCUT2D eigenvalue weighted by Gasteiger charge is -2.23. The molecule has 0 amide bonds. The molecule has 0 saturated heterocycles. The lowest BCUT2D eigenvalue weighted by molar-refractivity contribution is -0.141. The molecule has 2 N–H and O–H groups in total. The Morgan fingerprint density at radius 1 is 1.36 bits per heavy atom. The van der Waals surface area contributed by atoms with E-state index in [-0.39, 0.29) is 13.1 Å². The van der Waals surface area contributed by atoms with Gasteiger partial charge in [0.1, 0.15) is 17.6 Å². The molecule has 2 rings (SSSR count). The topological polar surface area (TPSA) is 102 Å². The summed E-state index contributed by atoms with van der Waals surface area (Å²) in [5.74, 6) is -2.71. The molecule has 118 valence electrons. The van der Waals surface area contributed by atoms with Crippen LogP contribution < -0.4 is 4.90 Å². The van der Waals surface area contributed by atoms with Crippen LogP contribution in [-0.4, -0.2) is 35.2 Å². The molecule has 1 aromatic heterocycles. The Hall–Kier alpha value is -2.07. The van der Waals surface area contributed by atoms with Crippen molar-refractivity contribution < 1.29 is 19.8 Å². The van der Waals surface area contributed by atoms with Crippen LogP contribution in [0.2, 0.25) is 0 Å². The minimum Gasteiger partial charge on any atom is -0.481 e. The van der Waals surface area contributed by atoms with E-state index in [9.17, 15) is 14.9 Å². The summed E-state index contributed by atoms with van der Waals surface area (Å²) in [5, 5.41) is 28.2. The second-order valence-electron chi connectivity index (χ2n) is 5.52. The van der Waals surface area contributed by atoms with E-state index in [0.717, 1.165) is 36.1 Å². The Balaban J connectivity index is 2.38. The molecule has 1 heterocycles. The number of thiophene rings is 1. The molecule has 0 aliphatic heterocycles. The van der Waals surface area contributed by atoms with Crippen molar-refractivity contribution in [1.29, 1.82) is 5.26 Å². The normalized spacial score (nSPS) is 14.7. The molecule has 22 heavy (non-hydrogen) atoms. The zero-order chi connectivity index (χ0) is 16.3. The summed E-state index contributed by atoms with van der Waals surface area (Å²) in [5.41, 5.74) is 1.55. The maximum atomic E-state index is 11.1. The minimum atomic E-state index is -1.03. The third-order valence-corrected chi connectivity index (χ3v) is 5.15. The standard InChI is InChI=1S/C15H18N2O4S/c1-9(15(20)21)7-17(8-13(18)19)14-11(6-16)10-4-2-3-5-12(10)22-14/h9H,2-5,7-8H2,1H3,(H,18,19)(H,20,21). The van der Waals surface area contributed by atoms with E-state index in [0.29, 0.717) is 10.6 Å². The highest BCUT2D eigenvalue weighted by molar-refractivity contribution is 7.16. The van der Waals surface area contributed by atoms with Crippen LogP contribution in [0.3, 0.4) is 0 Å². The maximum Gasteiger partial charge on any atom is 0.323 e. The first-order valence-corrected chi connectivity index (χ1v) is 7.99. The van der Waals surface area contributed by atoms with Crippen LogP contribution in [0.25, 0.3) is 0 Å². The van der Waals surface area contributed by atoms with E-state index >= 15 is 0 Å². The van der Waals surface area contributed by atoms with E-state index in [2.05, 4.69) is 6.07 Å². The predicted molar refractivity (Wildman–Crippen MR) is 82.3 cm³/mol. The Bertz CT molecular complexity index is 632. The number of nitrogens with zero attached hydrogens (tertiary/aromatic N) is 2. The van der Waals surface area contributed by atoms with Gasteiger partial charge in [-0.05, 0) is 31.2 Å². The quantitative estimate of drug-likeness (QED) is 0.831. The van der Waals surface area contributed by atoms with Gasteiger partial charge in [-0.25, -0.2) is 0 Å². The second-order valence-corrected chi connectivity index (χ2v) is 6.60. The van der Waals surface area contributed by atoms with Crippen molar-refractivity contribution in [2.24, 2.45) is 5.92 Å². The van der Waals surface area contributed by atoms with Gasteiger partial charge in [0.05, 0.1) is 11.5 Å². The van der Waals surface area contributed by atoms with Gasteiger partial charge in [0.15, 0.2) is 0 Å². The van der Waals surface area contributed by atoms with Crippen LogP contribution >= 0.6 is 11.3 Å². The molecule has 1 aromatic rings. The highest BCUT2D eigenvalue weighted by Crippen LogP contribution is 2.39. The summed E-state index contributed by atoms with van der Waals surface area (Å²) in [6.07, 6.45) is 3.85. The zero-order valence-electron chi connectivity index (χ0n) is 12.3. The number of rotatable bonds is 6. The molecule has 7 heteroatoms. The molecule has 1 unspecified atom stereocenters. The number of carboxylic acids is 2. The minimum absolute atomic E-state index is 0.0791. The summed E-state index contributed by atoms with van der Waals surface area (Å²) in [4.78, 5) is 24.8. The number of hydrogen-bond acceptors (Lipinski definition) is 5. The molecule has 0 radical (unpaired) electrons. The van der Waals surface area contributed by atoms with Crippen LogP contribution in [0, 0.1) is 17.2 Å². The van der Waals surface area contributed by atoms with E-state index in [4.69, 9.17) is 10.2 Å². The average molecular weight is 322 g/mol. The molecule has 1 aliphatic rings. The Labute approximate surface area is 132 Å². The van der Waals surface area contributed by atoms with Crippen molar-refractivity contribution in [3.05, 3.63) is 16.0 Å². The van der Waals surface area contributed by atoms with Gasteiger partial charge in [-0.15, -0.1) is 11.3 Å². The monoisotopic (exact) mass is 322 g/mol. The van der Waals surface area contributed by atoms with E-state index in [1.54, 1.807) is 0 Å². The van der Waals surface area contributed by atoms with Crippen molar-refractivity contribution >= 4 is 28.3 Å². The highest BCUT2D eigenvalue weighted by Gasteiger charge is 2.27. The van der Waals surface area contributed by atoms with E-state index in [1.165, 1.54) is 23.2 Å². The molecular formula is C15H18N2O4S. The highest BCUT2D eigenvalue weighted by atomic mass is 32.1.